The van der Waals surface area contributed by atoms with Crippen LogP contribution in [0.4, 0.5) is 0 Å². The molecule has 0 aliphatic heterocycles. The summed E-state index contributed by atoms with van der Waals surface area (Å²) in [5, 5.41) is 13.3. The minimum absolute atomic E-state index is 0.163. The number of fused-ring (bicyclic) bond motifs is 2. The Balaban J connectivity index is 0.000000253. The number of rotatable bonds is 10. The maximum absolute atomic E-state index is 6.15. The van der Waals surface area contributed by atoms with E-state index in [4.69, 9.17) is 30.8 Å². The van der Waals surface area contributed by atoms with E-state index in [1.807, 2.05) is 60.7 Å². The van der Waals surface area contributed by atoms with Crippen molar-refractivity contribution in [2.24, 2.45) is 11.5 Å². The van der Waals surface area contributed by atoms with E-state index >= 15 is 0 Å². The Morgan fingerprint density at radius 3 is 0.846 bits per heavy atom. The molecule has 0 unspecified atom stereocenters. The molecule has 65 heavy (non-hydrogen) atoms. The smallest absolute Gasteiger partial charge is 0.000884 e. The van der Waals surface area contributed by atoms with E-state index in [2.05, 4.69) is 194 Å². The minimum atomic E-state index is -0.852. The Labute approximate surface area is 401 Å². The standard InChI is InChI=1S/C44H32P2.C14H16N2.2ClH.Ru/c1-5-19-35(20-6-1)45(36-21-7-2-8-22-36)41-31-29-33-17-13-15-27-39(33)43(41)44-40-28-16-14-18-34(40)30-32-42(44)46(37-23-9-3-10-24-37)38-25-11-4-12-26-38;15-13(11-7-3-1-4-8-11)14(16)12-9-5-2-6-10-12;;;/h1-32H;1-10,13-14H,15-16H2;2*1H;/q;;;;+2/p-2/t;13-,14-;;;/m.1.../s1. The molecular formula is C58H48Cl2N2P2Ru. The average Bonchev–Trinajstić information content (AvgIpc) is 3.38. The summed E-state index contributed by atoms with van der Waals surface area (Å²) >= 11 is -0.346. The molecule has 0 bridgehead atoms. The number of benzene rings is 10. The molecule has 0 aliphatic rings. The summed E-state index contributed by atoms with van der Waals surface area (Å²) in [6.07, 6.45) is 0. The third-order valence-corrected chi connectivity index (χ3v) is 16.3. The van der Waals surface area contributed by atoms with Gasteiger partial charge in [-0.25, -0.2) is 0 Å². The van der Waals surface area contributed by atoms with Gasteiger partial charge in [0.25, 0.3) is 0 Å². The second-order valence-corrected chi connectivity index (χ2v) is 22.3. The van der Waals surface area contributed by atoms with Crippen LogP contribution < -0.4 is 43.3 Å². The van der Waals surface area contributed by atoms with Gasteiger partial charge in [-0.2, -0.15) is 0 Å². The van der Waals surface area contributed by atoms with E-state index in [0.717, 1.165) is 11.1 Å². The molecule has 0 spiro atoms. The van der Waals surface area contributed by atoms with Crippen LogP contribution in [0, 0.1) is 0 Å². The third-order valence-electron chi connectivity index (χ3n) is 11.4. The molecule has 2 atom stereocenters. The quantitative estimate of drug-likeness (QED) is 0.106. The fourth-order valence-corrected chi connectivity index (χ4v) is 13.3. The molecular weight excluding hydrogens is 959 g/mol. The van der Waals surface area contributed by atoms with Gasteiger partial charge in [-0.3, -0.25) is 0 Å². The molecule has 10 aromatic carbocycles. The van der Waals surface area contributed by atoms with Crippen LogP contribution in [0.25, 0.3) is 32.7 Å². The van der Waals surface area contributed by atoms with Crippen molar-refractivity contribution in [1.82, 2.24) is 0 Å². The molecule has 0 radical (unpaired) electrons. The summed E-state index contributed by atoms with van der Waals surface area (Å²) < 4.78 is 0. The van der Waals surface area contributed by atoms with E-state index in [1.54, 1.807) is 0 Å². The van der Waals surface area contributed by atoms with Gasteiger partial charge in [0.1, 0.15) is 0 Å². The van der Waals surface area contributed by atoms with Crippen molar-refractivity contribution in [3.8, 4) is 11.1 Å². The Morgan fingerprint density at radius 2 is 0.554 bits per heavy atom. The van der Waals surface area contributed by atoms with Crippen molar-refractivity contribution in [1.29, 1.82) is 0 Å². The number of hydrogen-bond donors (Lipinski definition) is 2. The molecule has 10 rings (SSSR count). The van der Waals surface area contributed by atoms with Crippen LogP contribution in [-0.2, 0) is 15.1 Å². The maximum Gasteiger partial charge on any atom is -0.000884 e. The number of nitrogens with two attached hydrogens (primary N) is 2. The first-order chi connectivity index (χ1) is 32.1. The largest absolute Gasteiger partial charge is 0.0622 e. The van der Waals surface area contributed by atoms with Crippen LogP contribution in [0.5, 0.6) is 0 Å². The summed E-state index contributed by atoms with van der Waals surface area (Å²) in [4.78, 5) is 0. The maximum atomic E-state index is 6.15. The van der Waals surface area contributed by atoms with Crippen molar-refractivity contribution in [3.63, 3.8) is 0 Å². The topological polar surface area (TPSA) is 52.0 Å². The van der Waals surface area contributed by atoms with Gasteiger partial charge in [0.15, 0.2) is 0 Å². The van der Waals surface area contributed by atoms with Crippen LogP contribution in [0.2, 0.25) is 0 Å². The summed E-state index contributed by atoms with van der Waals surface area (Å²) in [5.41, 5.74) is 17.1. The zero-order valence-corrected chi connectivity index (χ0v) is 40.6. The Hall–Kier alpha value is -5.30. The van der Waals surface area contributed by atoms with Gasteiger partial charge in [0, 0.05) is 12.1 Å². The summed E-state index contributed by atoms with van der Waals surface area (Å²) in [6, 6.07) is 91.4. The van der Waals surface area contributed by atoms with Crippen LogP contribution >= 0.6 is 35.2 Å². The van der Waals surface area contributed by atoms with Crippen LogP contribution in [0.15, 0.2) is 255 Å². The van der Waals surface area contributed by atoms with Gasteiger partial charge < -0.3 is 11.5 Å². The van der Waals surface area contributed by atoms with Gasteiger partial charge in [0.2, 0.25) is 0 Å². The number of hydrogen-bond acceptors (Lipinski definition) is 2. The van der Waals surface area contributed by atoms with E-state index < -0.39 is 15.8 Å². The van der Waals surface area contributed by atoms with Crippen molar-refractivity contribution < 1.29 is 15.1 Å². The van der Waals surface area contributed by atoms with E-state index in [9.17, 15) is 0 Å². The first-order valence-corrected chi connectivity index (χ1v) is 28.5. The van der Waals surface area contributed by atoms with Crippen molar-refractivity contribution >= 4 is 88.6 Å². The SMILES string of the molecule is N[C@H](c1ccccc1)[C@H](N)c1ccccc1.[Cl][Ru][Cl].c1ccc(P(c2ccccc2)c2ccc3ccccc3c2-c2c(P(c3ccccc3)c3ccccc3)ccc3ccccc23)cc1. The van der Waals surface area contributed by atoms with Gasteiger partial charge in [-0.1, -0.05) is 255 Å². The Morgan fingerprint density at radius 1 is 0.308 bits per heavy atom. The molecule has 0 heterocycles. The first kappa shape index (κ1) is 46.2. The molecule has 0 aliphatic carbocycles. The van der Waals surface area contributed by atoms with Gasteiger partial charge in [-0.05, 0) is 91.5 Å². The van der Waals surface area contributed by atoms with Crippen molar-refractivity contribution in [2.45, 2.75) is 12.1 Å². The second kappa shape index (κ2) is 23.2. The van der Waals surface area contributed by atoms with E-state index in [-0.39, 0.29) is 27.2 Å². The molecule has 0 fully saturated rings. The van der Waals surface area contributed by atoms with Crippen molar-refractivity contribution in [2.75, 3.05) is 0 Å². The fraction of sp³-hybridized carbons (Fsp3) is 0.0345. The Bertz CT molecular complexity index is 2740. The third kappa shape index (κ3) is 11.0. The summed E-state index contributed by atoms with van der Waals surface area (Å²) in [7, 11) is 8.00. The molecule has 322 valence electrons. The molecule has 4 N–H and O–H groups in total. The molecule has 10 aromatic rings. The Kier molecular flexibility index (Phi) is 16.5. The molecule has 0 saturated carbocycles. The molecule has 2 nitrogen and oxygen atoms in total. The minimum Gasteiger partial charge on any atom is -0.0622 e. The number of halogens is 2. The van der Waals surface area contributed by atoms with E-state index in [0.29, 0.717) is 0 Å². The van der Waals surface area contributed by atoms with Crippen LogP contribution in [0.3, 0.4) is 0 Å². The summed E-state index contributed by atoms with van der Waals surface area (Å²) in [5.74, 6) is 0. The van der Waals surface area contributed by atoms with Gasteiger partial charge in [0.05, 0.1) is 0 Å². The summed E-state index contributed by atoms with van der Waals surface area (Å²) in [6.45, 7) is 0. The van der Waals surface area contributed by atoms with Gasteiger partial charge >= 0.3 is 34.5 Å². The molecule has 7 heteroatoms. The van der Waals surface area contributed by atoms with Crippen molar-refractivity contribution in [3.05, 3.63) is 266 Å². The predicted molar refractivity (Wildman–Crippen MR) is 283 cm³/mol. The molecule has 0 saturated heterocycles. The molecule has 0 amide bonds. The zero-order valence-electron chi connectivity index (χ0n) is 35.6. The fourth-order valence-electron chi connectivity index (χ4n) is 8.35. The average molecular weight is 1010 g/mol. The predicted octanol–water partition coefficient (Wildman–Crippen LogP) is 12.9. The monoisotopic (exact) mass is 1010 g/mol. The second-order valence-electron chi connectivity index (χ2n) is 15.3. The zero-order chi connectivity index (χ0) is 44.8. The normalized spacial score (nSPS) is 12.0. The van der Waals surface area contributed by atoms with E-state index in [1.165, 1.54) is 64.5 Å². The van der Waals surface area contributed by atoms with Crippen LogP contribution in [0.1, 0.15) is 23.2 Å². The molecule has 0 aromatic heterocycles. The van der Waals surface area contributed by atoms with Gasteiger partial charge in [-0.15, -0.1) is 0 Å². The first-order valence-electron chi connectivity index (χ1n) is 21.4. The van der Waals surface area contributed by atoms with Crippen LogP contribution in [-0.4, -0.2) is 0 Å².